The standard InChI is InChI=1S/C38H48O7Si/c1-7-41-35(39)26-18-17-19-28(2)42-37-34(44-36(40)30-20-11-8-12-21-30)27-33(29(3)43-37)45-46(38(4,5)6,31-22-13-9-14-23-31)32-24-15-10-16-25-32/h8-16,18,20-26,28-29,33-34,37H,7,17,19,27H2,1-6H3/b26-18+/t28-,29+,33-,34-,37-/m1/s1. The van der Waals surface area contributed by atoms with Crippen molar-refractivity contribution in [2.24, 2.45) is 0 Å². The van der Waals surface area contributed by atoms with E-state index in [0.29, 0.717) is 31.4 Å². The zero-order valence-electron chi connectivity index (χ0n) is 27.9. The molecular formula is C38H48O7Si. The van der Waals surface area contributed by atoms with Crippen molar-refractivity contribution in [1.82, 2.24) is 0 Å². The Balaban J connectivity index is 1.61. The quantitative estimate of drug-likeness (QED) is 0.118. The fourth-order valence-electron chi connectivity index (χ4n) is 5.98. The maximum absolute atomic E-state index is 13.3. The van der Waals surface area contributed by atoms with Crippen molar-refractivity contribution in [2.45, 2.75) is 96.5 Å². The van der Waals surface area contributed by atoms with Crippen LogP contribution in [-0.2, 0) is 28.2 Å². The number of rotatable bonds is 13. The van der Waals surface area contributed by atoms with Crippen LogP contribution < -0.4 is 10.4 Å². The van der Waals surface area contributed by atoms with Crippen LogP contribution in [0.4, 0.5) is 0 Å². The molecule has 0 bridgehead atoms. The average molecular weight is 645 g/mol. The molecule has 5 atom stereocenters. The Kier molecular flexibility index (Phi) is 12.5. The topological polar surface area (TPSA) is 80.3 Å². The van der Waals surface area contributed by atoms with Crippen molar-refractivity contribution >= 4 is 30.6 Å². The lowest BCUT2D eigenvalue weighted by Gasteiger charge is -2.48. The molecular weight excluding hydrogens is 596 g/mol. The Morgan fingerprint density at radius 1 is 0.913 bits per heavy atom. The van der Waals surface area contributed by atoms with E-state index in [1.807, 2.05) is 44.2 Å². The monoisotopic (exact) mass is 644 g/mol. The maximum atomic E-state index is 13.3. The van der Waals surface area contributed by atoms with Gasteiger partial charge in [0.1, 0.15) is 0 Å². The van der Waals surface area contributed by atoms with Gasteiger partial charge in [0.15, 0.2) is 12.4 Å². The Morgan fingerprint density at radius 3 is 2.02 bits per heavy atom. The van der Waals surface area contributed by atoms with Gasteiger partial charge < -0.3 is 23.4 Å². The summed E-state index contributed by atoms with van der Waals surface area (Å²) in [6.07, 6.45) is 2.46. The van der Waals surface area contributed by atoms with Gasteiger partial charge in [-0.15, -0.1) is 0 Å². The number of benzene rings is 3. The molecule has 1 saturated heterocycles. The fraction of sp³-hybridized carbons (Fsp3) is 0.421. The molecule has 1 fully saturated rings. The van der Waals surface area contributed by atoms with Crippen LogP contribution in [0.3, 0.4) is 0 Å². The van der Waals surface area contributed by atoms with Gasteiger partial charge in [0.2, 0.25) is 0 Å². The van der Waals surface area contributed by atoms with E-state index in [0.717, 1.165) is 0 Å². The first-order valence-corrected chi connectivity index (χ1v) is 18.1. The second kappa shape index (κ2) is 16.3. The summed E-state index contributed by atoms with van der Waals surface area (Å²) >= 11 is 0. The molecule has 46 heavy (non-hydrogen) atoms. The molecule has 0 unspecified atom stereocenters. The third kappa shape index (κ3) is 8.82. The van der Waals surface area contributed by atoms with Crippen LogP contribution in [0.15, 0.2) is 103 Å². The summed E-state index contributed by atoms with van der Waals surface area (Å²) < 4.78 is 31.4. The van der Waals surface area contributed by atoms with Crippen LogP contribution in [0, 0.1) is 0 Å². The number of hydrogen-bond donors (Lipinski definition) is 0. The highest BCUT2D eigenvalue weighted by Gasteiger charge is 2.53. The van der Waals surface area contributed by atoms with Crippen molar-refractivity contribution in [2.75, 3.05) is 6.61 Å². The predicted molar refractivity (Wildman–Crippen MR) is 183 cm³/mol. The van der Waals surface area contributed by atoms with E-state index in [9.17, 15) is 9.59 Å². The number of carbonyl (C=O) groups excluding carboxylic acids is 2. The highest BCUT2D eigenvalue weighted by Crippen LogP contribution is 2.40. The van der Waals surface area contributed by atoms with Gasteiger partial charge in [-0.25, -0.2) is 9.59 Å². The molecule has 0 saturated carbocycles. The van der Waals surface area contributed by atoms with Crippen molar-refractivity contribution in [1.29, 1.82) is 0 Å². The van der Waals surface area contributed by atoms with Crippen LogP contribution in [0.1, 0.15) is 71.2 Å². The lowest BCUT2D eigenvalue weighted by Crippen LogP contribution is -2.69. The second-order valence-corrected chi connectivity index (χ2v) is 17.0. The molecule has 246 valence electrons. The number of carbonyl (C=O) groups is 2. The van der Waals surface area contributed by atoms with E-state index in [1.165, 1.54) is 16.4 Å². The van der Waals surface area contributed by atoms with Crippen LogP contribution >= 0.6 is 0 Å². The summed E-state index contributed by atoms with van der Waals surface area (Å²) in [6, 6.07) is 29.9. The third-order valence-corrected chi connectivity index (χ3v) is 13.4. The fourth-order valence-corrected chi connectivity index (χ4v) is 10.7. The Morgan fingerprint density at radius 2 is 1.48 bits per heavy atom. The molecule has 1 aliphatic rings. The number of hydrogen-bond acceptors (Lipinski definition) is 7. The second-order valence-electron chi connectivity index (χ2n) is 12.8. The van der Waals surface area contributed by atoms with Crippen molar-refractivity contribution in [3.05, 3.63) is 109 Å². The lowest BCUT2D eigenvalue weighted by molar-refractivity contribution is -0.270. The van der Waals surface area contributed by atoms with E-state index in [1.54, 1.807) is 25.1 Å². The van der Waals surface area contributed by atoms with Gasteiger partial charge in [0.25, 0.3) is 8.32 Å². The molecule has 3 aromatic rings. The molecule has 0 spiro atoms. The van der Waals surface area contributed by atoms with Crippen molar-refractivity contribution in [3.63, 3.8) is 0 Å². The van der Waals surface area contributed by atoms with E-state index in [4.69, 9.17) is 23.4 Å². The summed E-state index contributed by atoms with van der Waals surface area (Å²) in [6.45, 7) is 12.8. The zero-order chi connectivity index (χ0) is 33.2. The minimum Gasteiger partial charge on any atom is -0.463 e. The highest BCUT2D eigenvalue weighted by atomic mass is 28.4. The molecule has 7 nitrogen and oxygen atoms in total. The van der Waals surface area contributed by atoms with Crippen molar-refractivity contribution < 1.29 is 33.0 Å². The van der Waals surface area contributed by atoms with Crippen LogP contribution in [0.2, 0.25) is 5.04 Å². The number of ether oxygens (including phenoxy) is 4. The highest BCUT2D eigenvalue weighted by molar-refractivity contribution is 6.99. The minimum atomic E-state index is -2.91. The molecule has 8 heteroatoms. The van der Waals surface area contributed by atoms with Crippen LogP contribution in [0.5, 0.6) is 0 Å². The van der Waals surface area contributed by atoms with Gasteiger partial charge >= 0.3 is 11.9 Å². The predicted octanol–water partition coefficient (Wildman–Crippen LogP) is 6.60. The van der Waals surface area contributed by atoms with Gasteiger partial charge in [-0.2, -0.15) is 0 Å². The van der Waals surface area contributed by atoms with E-state index in [-0.39, 0.29) is 29.3 Å². The average Bonchev–Trinajstić information content (AvgIpc) is 3.04. The molecule has 1 heterocycles. The number of esters is 2. The SMILES string of the molecule is CCOC(=O)/C=C/CC[C@@H](C)O[C@@H]1O[C@@H](C)[C@H](O[Si](c2ccccc2)(c2ccccc2)C(C)(C)C)C[C@H]1OC(=O)c1ccccc1. The minimum absolute atomic E-state index is 0.226. The normalized spacial score (nSPS) is 21.1. The van der Waals surface area contributed by atoms with Gasteiger partial charge in [0, 0.05) is 12.5 Å². The largest absolute Gasteiger partial charge is 0.463 e. The Bertz CT molecular complexity index is 1370. The lowest BCUT2D eigenvalue weighted by atomic mass is 10.0. The first-order chi connectivity index (χ1) is 22.0. The van der Waals surface area contributed by atoms with Gasteiger partial charge in [-0.05, 0) is 61.2 Å². The number of allylic oxidation sites excluding steroid dienone is 1. The molecule has 4 rings (SSSR count). The molecule has 3 aromatic carbocycles. The van der Waals surface area contributed by atoms with Crippen molar-refractivity contribution in [3.8, 4) is 0 Å². The smallest absolute Gasteiger partial charge is 0.338 e. The first kappa shape index (κ1) is 35.3. The molecule has 0 aliphatic carbocycles. The Labute approximate surface area is 275 Å². The van der Waals surface area contributed by atoms with Crippen LogP contribution in [-0.4, -0.2) is 57.6 Å². The first-order valence-electron chi connectivity index (χ1n) is 16.2. The molecule has 0 radical (unpaired) electrons. The van der Waals surface area contributed by atoms with Crippen LogP contribution in [0.25, 0.3) is 0 Å². The maximum Gasteiger partial charge on any atom is 0.338 e. The van der Waals surface area contributed by atoms with Gasteiger partial charge in [0.05, 0.1) is 30.5 Å². The van der Waals surface area contributed by atoms with Gasteiger partial charge in [-0.1, -0.05) is 106 Å². The van der Waals surface area contributed by atoms with E-state index < -0.39 is 26.7 Å². The molecule has 0 aromatic heterocycles. The zero-order valence-corrected chi connectivity index (χ0v) is 28.9. The molecule has 0 amide bonds. The van der Waals surface area contributed by atoms with E-state index >= 15 is 0 Å². The summed E-state index contributed by atoms with van der Waals surface area (Å²) in [4.78, 5) is 25.0. The van der Waals surface area contributed by atoms with Gasteiger partial charge in [-0.3, -0.25) is 0 Å². The Hall–Kier alpha value is -3.56. The summed E-state index contributed by atoms with van der Waals surface area (Å²) in [5, 5.41) is 2.10. The summed E-state index contributed by atoms with van der Waals surface area (Å²) in [5.74, 6) is -0.799. The van der Waals surface area contributed by atoms with E-state index in [2.05, 4.69) is 69.3 Å². The summed E-state index contributed by atoms with van der Waals surface area (Å²) in [5.41, 5.74) is 0.460. The summed E-state index contributed by atoms with van der Waals surface area (Å²) in [7, 11) is -2.91. The third-order valence-electron chi connectivity index (χ3n) is 8.30. The molecule has 0 N–H and O–H groups in total. The molecule has 1 aliphatic heterocycles.